The molecule has 2 aromatic carbocycles. The Balaban J connectivity index is 1.84. The predicted molar refractivity (Wildman–Crippen MR) is 88.4 cm³/mol. The van der Waals surface area contributed by atoms with Crippen molar-refractivity contribution in [3.63, 3.8) is 0 Å². The summed E-state index contributed by atoms with van der Waals surface area (Å²) >= 11 is 3.55. The summed E-state index contributed by atoms with van der Waals surface area (Å²) in [6.07, 6.45) is 2.12. The van der Waals surface area contributed by atoms with Crippen molar-refractivity contribution in [2.75, 3.05) is 19.5 Å². The van der Waals surface area contributed by atoms with Crippen LogP contribution in [-0.4, -0.2) is 14.2 Å². The van der Waals surface area contributed by atoms with Crippen molar-refractivity contribution >= 4 is 21.6 Å². The van der Waals surface area contributed by atoms with Crippen molar-refractivity contribution < 1.29 is 9.47 Å². The van der Waals surface area contributed by atoms with Crippen LogP contribution in [0.25, 0.3) is 0 Å². The van der Waals surface area contributed by atoms with E-state index in [1.165, 1.54) is 16.8 Å². The second kappa shape index (κ2) is 5.98. The van der Waals surface area contributed by atoms with E-state index in [9.17, 15) is 0 Å². The highest BCUT2D eigenvalue weighted by Crippen LogP contribution is 2.38. The molecule has 0 saturated heterocycles. The number of anilines is 1. The van der Waals surface area contributed by atoms with E-state index in [1.54, 1.807) is 14.2 Å². The molecule has 3 nitrogen and oxygen atoms in total. The lowest BCUT2D eigenvalue weighted by Gasteiger charge is -2.28. The van der Waals surface area contributed by atoms with Crippen LogP contribution in [0.4, 0.5) is 5.69 Å². The van der Waals surface area contributed by atoms with E-state index in [1.807, 2.05) is 12.1 Å². The molecule has 0 spiro atoms. The van der Waals surface area contributed by atoms with Gasteiger partial charge in [0, 0.05) is 5.69 Å². The summed E-state index contributed by atoms with van der Waals surface area (Å²) in [4.78, 5) is 0. The van der Waals surface area contributed by atoms with Gasteiger partial charge in [0.1, 0.15) is 11.5 Å². The number of aryl methyl sites for hydroxylation is 1. The van der Waals surface area contributed by atoms with Gasteiger partial charge in [0.15, 0.2) is 0 Å². The van der Waals surface area contributed by atoms with Crippen molar-refractivity contribution in [2.24, 2.45) is 0 Å². The Morgan fingerprint density at radius 3 is 2.52 bits per heavy atom. The number of benzene rings is 2. The highest BCUT2D eigenvalue weighted by Gasteiger charge is 2.20. The molecule has 0 saturated carbocycles. The summed E-state index contributed by atoms with van der Waals surface area (Å²) in [5.41, 5.74) is 3.77. The number of hydrogen-bond acceptors (Lipinski definition) is 3. The molecule has 0 amide bonds. The van der Waals surface area contributed by atoms with Crippen LogP contribution in [0.3, 0.4) is 0 Å². The Bertz CT molecular complexity index is 640. The Labute approximate surface area is 133 Å². The molecule has 1 aliphatic rings. The lowest BCUT2D eigenvalue weighted by atomic mass is 9.93. The van der Waals surface area contributed by atoms with Crippen molar-refractivity contribution in [2.45, 2.75) is 18.9 Å². The molecule has 0 aliphatic carbocycles. The fourth-order valence-electron chi connectivity index (χ4n) is 2.74. The molecule has 0 radical (unpaired) electrons. The van der Waals surface area contributed by atoms with E-state index in [0.717, 1.165) is 28.8 Å². The van der Waals surface area contributed by atoms with Crippen LogP contribution in [0.5, 0.6) is 11.5 Å². The van der Waals surface area contributed by atoms with Gasteiger partial charge in [0.25, 0.3) is 0 Å². The summed E-state index contributed by atoms with van der Waals surface area (Å²) in [6, 6.07) is 12.8. The molecular formula is C17H18BrNO2. The number of ether oxygens (including phenoxy) is 2. The van der Waals surface area contributed by atoms with Crippen molar-refractivity contribution in [1.82, 2.24) is 0 Å². The second-order valence-electron chi connectivity index (χ2n) is 5.15. The summed E-state index contributed by atoms with van der Waals surface area (Å²) in [6.45, 7) is 0. The normalized spacial score (nSPS) is 16.8. The maximum absolute atomic E-state index is 5.36. The Hall–Kier alpha value is -1.68. The monoisotopic (exact) mass is 347 g/mol. The minimum absolute atomic E-state index is 0.337. The van der Waals surface area contributed by atoms with Crippen LogP contribution in [0, 0.1) is 0 Å². The smallest absolute Gasteiger partial charge is 0.133 e. The Morgan fingerprint density at radius 1 is 1.10 bits per heavy atom. The van der Waals surface area contributed by atoms with E-state index >= 15 is 0 Å². The van der Waals surface area contributed by atoms with Gasteiger partial charge in [-0.1, -0.05) is 12.1 Å². The van der Waals surface area contributed by atoms with Gasteiger partial charge in [0.05, 0.1) is 24.7 Å². The van der Waals surface area contributed by atoms with E-state index in [4.69, 9.17) is 9.47 Å². The van der Waals surface area contributed by atoms with Crippen LogP contribution in [0.1, 0.15) is 23.6 Å². The molecule has 4 heteroatoms. The predicted octanol–water partition coefficient (Wildman–Crippen LogP) is 4.57. The Morgan fingerprint density at radius 2 is 1.86 bits per heavy atom. The van der Waals surface area contributed by atoms with Gasteiger partial charge in [-0.3, -0.25) is 0 Å². The topological polar surface area (TPSA) is 30.5 Å². The summed E-state index contributed by atoms with van der Waals surface area (Å²) in [5, 5.41) is 3.62. The first-order chi connectivity index (χ1) is 10.2. The maximum Gasteiger partial charge on any atom is 0.133 e. The first kappa shape index (κ1) is 14.3. The van der Waals surface area contributed by atoms with E-state index in [0.29, 0.717) is 6.04 Å². The minimum Gasteiger partial charge on any atom is -0.497 e. The molecule has 0 fully saturated rings. The number of rotatable bonds is 3. The molecule has 1 aliphatic heterocycles. The van der Waals surface area contributed by atoms with Gasteiger partial charge < -0.3 is 14.8 Å². The molecule has 0 aromatic heterocycles. The summed E-state index contributed by atoms with van der Waals surface area (Å²) < 4.78 is 11.6. The molecule has 110 valence electrons. The fraction of sp³-hybridized carbons (Fsp3) is 0.294. The van der Waals surface area contributed by atoms with Crippen molar-refractivity contribution in [1.29, 1.82) is 0 Å². The van der Waals surface area contributed by atoms with Gasteiger partial charge in [-0.15, -0.1) is 0 Å². The van der Waals surface area contributed by atoms with Gasteiger partial charge in [0.2, 0.25) is 0 Å². The van der Waals surface area contributed by atoms with Crippen LogP contribution in [0.15, 0.2) is 40.9 Å². The van der Waals surface area contributed by atoms with Gasteiger partial charge in [-0.05, 0) is 64.2 Å². The van der Waals surface area contributed by atoms with Crippen LogP contribution >= 0.6 is 15.9 Å². The molecule has 0 bridgehead atoms. The molecule has 1 N–H and O–H groups in total. The zero-order valence-corrected chi connectivity index (χ0v) is 13.7. The highest BCUT2D eigenvalue weighted by molar-refractivity contribution is 9.10. The van der Waals surface area contributed by atoms with Gasteiger partial charge in [-0.2, -0.15) is 0 Å². The molecular weight excluding hydrogens is 330 g/mol. The zero-order valence-electron chi connectivity index (χ0n) is 12.2. The molecule has 2 aromatic rings. The molecule has 3 rings (SSSR count). The first-order valence-electron chi connectivity index (χ1n) is 6.98. The highest BCUT2D eigenvalue weighted by atomic mass is 79.9. The van der Waals surface area contributed by atoms with Gasteiger partial charge >= 0.3 is 0 Å². The number of fused-ring (bicyclic) bond motifs is 1. The summed E-state index contributed by atoms with van der Waals surface area (Å²) in [7, 11) is 3.39. The Kier molecular flexibility index (Phi) is 4.06. The van der Waals surface area contributed by atoms with Crippen LogP contribution in [-0.2, 0) is 6.42 Å². The van der Waals surface area contributed by atoms with Crippen LogP contribution < -0.4 is 14.8 Å². The van der Waals surface area contributed by atoms with Crippen LogP contribution in [0.2, 0.25) is 0 Å². The third-order valence-corrected chi connectivity index (χ3v) is 4.55. The van der Waals surface area contributed by atoms with E-state index in [2.05, 4.69) is 45.5 Å². The molecule has 1 atom stereocenters. The summed E-state index contributed by atoms with van der Waals surface area (Å²) in [5.74, 6) is 1.78. The fourth-order valence-corrected chi connectivity index (χ4v) is 3.24. The first-order valence-corrected chi connectivity index (χ1v) is 7.77. The average Bonchev–Trinajstić information content (AvgIpc) is 2.53. The standard InChI is InChI=1S/C17H18BrNO2/c1-20-13-6-3-11(4-7-13)15-8-5-12-9-17(21-2)14(18)10-16(12)19-15/h3-4,6-7,9-10,15,19H,5,8H2,1-2H3. The third-order valence-electron chi connectivity index (χ3n) is 3.93. The number of nitrogens with one attached hydrogen (secondary N) is 1. The lowest BCUT2D eigenvalue weighted by Crippen LogP contribution is -2.18. The second-order valence-corrected chi connectivity index (χ2v) is 6.01. The quantitative estimate of drug-likeness (QED) is 0.882. The minimum atomic E-state index is 0.337. The number of halogens is 1. The van der Waals surface area contributed by atoms with Crippen molar-refractivity contribution in [3.05, 3.63) is 52.0 Å². The SMILES string of the molecule is COc1ccc(C2CCc3cc(OC)c(Br)cc3N2)cc1. The third kappa shape index (κ3) is 2.86. The molecule has 1 heterocycles. The van der Waals surface area contributed by atoms with E-state index in [-0.39, 0.29) is 0 Å². The van der Waals surface area contributed by atoms with E-state index < -0.39 is 0 Å². The average molecular weight is 348 g/mol. The number of methoxy groups -OCH3 is 2. The van der Waals surface area contributed by atoms with Gasteiger partial charge in [-0.25, -0.2) is 0 Å². The molecule has 1 unspecified atom stereocenters. The number of hydrogen-bond donors (Lipinski definition) is 1. The maximum atomic E-state index is 5.36. The molecule has 21 heavy (non-hydrogen) atoms. The largest absolute Gasteiger partial charge is 0.497 e. The van der Waals surface area contributed by atoms with Crippen molar-refractivity contribution in [3.8, 4) is 11.5 Å². The zero-order chi connectivity index (χ0) is 14.8. The lowest BCUT2D eigenvalue weighted by molar-refractivity contribution is 0.411.